The van der Waals surface area contributed by atoms with Crippen LogP contribution in [-0.2, 0) is 17.8 Å². The molecule has 2 aromatic carbocycles. The Balaban J connectivity index is 2.27. The van der Waals surface area contributed by atoms with Crippen LogP contribution in [0.2, 0.25) is 0 Å². The summed E-state index contributed by atoms with van der Waals surface area (Å²) in [5.41, 5.74) is 2.07. The lowest BCUT2D eigenvalue weighted by molar-refractivity contribution is 0.185. The van der Waals surface area contributed by atoms with E-state index in [2.05, 4.69) is 6.58 Å². The molecule has 0 atom stereocenters. The van der Waals surface area contributed by atoms with Gasteiger partial charge in [-0.05, 0) is 24.1 Å². The summed E-state index contributed by atoms with van der Waals surface area (Å²) in [6.07, 6.45) is 2.38. The molecule has 1 N–H and O–H groups in total. The van der Waals surface area contributed by atoms with Gasteiger partial charge < -0.3 is 23.7 Å². The van der Waals surface area contributed by atoms with E-state index in [4.69, 9.17) is 18.6 Å². The van der Waals surface area contributed by atoms with Crippen molar-refractivity contribution in [3.63, 3.8) is 0 Å². The molecule has 0 bridgehead atoms. The van der Waals surface area contributed by atoms with Crippen molar-refractivity contribution in [3.8, 4) is 28.6 Å². The number of phenols is 1. The Morgan fingerprint density at radius 1 is 1.07 bits per heavy atom. The summed E-state index contributed by atoms with van der Waals surface area (Å²) in [5.74, 6) is 1.32. The smallest absolute Gasteiger partial charge is 0.193 e. The molecular weight excluding hydrogens is 360 g/mol. The second-order valence-electron chi connectivity index (χ2n) is 6.22. The Bertz CT molecular complexity index is 1080. The van der Waals surface area contributed by atoms with Gasteiger partial charge in [0.25, 0.3) is 0 Å². The molecule has 0 amide bonds. The minimum Gasteiger partial charge on any atom is -0.508 e. The van der Waals surface area contributed by atoms with Gasteiger partial charge in [-0.15, -0.1) is 6.58 Å². The molecule has 1 heterocycles. The number of ether oxygens (including phenoxy) is 3. The van der Waals surface area contributed by atoms with E-state index in [-0.39, 0.29) is 23.4 Å². The minimum atomic E-state index is -0.237. The van der Waals surface area contributed by atoms with Gasteiger partial charge in [0.15, 0.2) is 16.9 Å². The van der Waals surface area contributed by atoms with Crippen LogP contribution in [0.3, 0.4) is 0 Å². The van der Waals surface area contributed by atoms with Crippen molar-refractivity contribution >= 4 is 11.0 Å². The zero-order valence-electron chi connectivity index (χ0n) is 16.1. The molecule has 0 spiro atoms. The summed E-state index contributed by atoms with van der Waals surface area (Å²) in [6.45, 7) is 3.94. The van der Waals surface area contributed by atoms with Gasteiger partial charge in [-0.3, -0.25) is 4.79 Å². The predicted molar refractivity (Wildman–Crippen MR) is 107 cm³/mol. The van der Waals surface area contributed by atoms with E-state index in [0.29, 0.717) is 40.2 Å². The van der Waals surface area contributed by atoms with Gasteiger partial charge >= 0.3 is 0 Å². The summed E-state index contributed by atoms with van der Waals surface area (Å²) in [4.78, 5) is 12.8. The third-order valence-corrected chi connectivity index (χ3v) is 4.43. The molecule has 0 unspecified atom stereocenters. The Morgan fingerprint density at radius 3 is 2.46 bits per heavy atom. The number of allylic oxidation sites excluding steroid dienone is 1. The van der Waals surface area contributed by atoms with Crippen molar-refractivity contribution in [2.45, 2.75) is 13.0 Å². The topological polar surface area (TPSA) is 78.1 Å². The zero-order valence-corrected chi connectivity index (χ0v) is 16.1. The molecule has 1 aromatic heterocycles. The standard InChI is InChI=1S/C22H22O6/c1-5-6-13-7-8-16(22(27-4)21(13)26-3)18-11-17(24)20-14(12-25-2)9-15(23)10-19(20)28-18/h5,7-11,23H,1,6,12H2,2-4H3. The number of hydrogen-bond acceptors (Lipinski definition) is 6. The van der Waals surface area contributed by atoms with E-state index < -0.39 is 0 Å². The normalized spacial score (nSPS) is 10.8. The number of aromatic hydroxyl groups is 1. The fraction of sp³-hybridized carbons (Fsp3) is 0.227. The fourth-order valence-electron chi connectivity index (χ4n) is 3.30. The lowest BCUT2D eigenvalue weighted by atomic mass is 10.0. The number of fused-ring (bicyclic) bond motifs is 1. The first kappa shape index (κ1) is 19.5. The van der Waals surface area contributed by atoms with Crippen molar-refractivity contribution in [3.05, 3.63) is 64.3 Å². The van der Waals surface area contributed by atoms with Crippen molar-refractivity contribution in [2.75, 3.05) is 21.3 Å². The summed E-state index contributed by atoms with van der Waals surface area (Å²) < 4.78 is 22.2. The third kappa shape index (κ3) is 3.46. The molecule has 0 radical (unpaired) electrons. The molecular formula is C22H22O6. The van der Waals surface area contributed by atoms with Crippen LogP contribution in [0.25, 0.3) is 22.3 Å². The average molecular weight is 382 g/mol. The van der Waals surface area contributed by atoms with Crippen LogP contribution in [0.1, 0.15) is 11.1 Å². The van der Waals surface area contributed by atoms with E-state index in [1.165, 1.54) is 32.4 Å². The van der Waals surface area contributed by atoms with Crippen molar-refractivity contribution < 1.29 is 23.7 Å². The molecule has 0 aliphatic rings. The van der Waals surface area contributed by atoms with E-state index in [0.717, 1.165) is 5.56 Å². The van der Waals surface area contributed by atoms with Crippen LogP contribution in [0.5, 0.6) is 17.2 Å². The largest absolute Gasteiger partial charge is 0.508 e. The highest BCUT2D eigenvalue weighted by atomic mass is 16.5. The van der Waals surface area contributed by atoms with Gasteiger partial charge in [0.2, 0.25) is 0 Å². The van der Waals surface area contributed by atoms with Crippen LogP contribution < -0.4 is 14.9 Å². The molecule has 0 fully saturated rings. The Labute approximate surface area is 162 Å². The zero-order chi connectivity index (χ0) is 20.3. The Kier molecular flexibility index (Phi) is 5.70. The maximum Gasteiger partial charge on any atom is 0.193 e. The molecule has 0 saturated heterocycles. The first-order valence-corrected chi connectivity index (χ1v) is 8.67. The van der Waals surface area contributed by atoms with Gasteiger partial charge in [0.05, 0.1) is 31.8 Å². The van der Waals surface area contributed by atoms with Crippen LogP contribution in [0, 0.1) is 0 Å². The summed E-state index contributed by atoms with van der Waals surface area (Å²) >= 11 is 0. The average Bonchev–Trinajstić information content (AvgIpc) is 2.67. The Hall–Kier alpha value is -3.25. The first-order chi connectivity index (χ1) is 13.5. The van der Waals surface area contributed by atoms with Crippen LogP contribution in [0.15, 0.2) is 52.2 Å². The second kappa shape index (κ2) is 8.19. The number of hydrogen-bond donors (Lipinski definition) is 1. The maximum atomic E-state index is 12.8. The molecule has 3 rings (SSSR count). The van der Waals surface area contributed by atoms with E-state index >= 15 is 0 Å². The molecule has 0 aliphatic heterocycles. The molecule has 0 saturated carbocycles. The highest BCUT2D eigenvalue weighted by molar-refractivity contribution is 5.84. The monoisotopic (exact) mass is 382 g/mol. The second-order valence-corrected chi connectivity index (χ2v) is 6.22. The number of rotatable bonds is 7. The molecule has 146 valence electrons. The summed E-state index contributed by atoms with van der Waals surface area (Å²) in [6, 6.07) is 8.00. The van der Waals surface area contributed by atoms with Crippen molar-refractivity contribution in [1.29, 1.82) is 0 Å². The van der Waals surface area contributed by atoms with E-state index in [1.54, 1.807) is 13.2 Å². The summed E-state index contributed by atoms with van der Waals surface area (Å²) in [5, 5.41) is 10.4. The highest BCUT2D eigenvalue weighted by Crippen LogP contribution is 2.41. The van der Waals surface area contributed by atoms with Gasteiger partial charge in [-0.2, -0.15) is 0 Å². The third-order valence-electron chi connectivity index (χ3n) is 4.43. The Morgan fingerprint density at radius 2 is 1.82 bits per heavy atom. The van der Waals surface area contributed by atoms with Gasteiger partial charge in [0, 0.05) is 24.8 Å². The van der Waals surface area contributed by atoms with Crippen LogP contribution in [0.4, 0.5) is 0 Å². The van der Waals surface area contributed by atoms with Crippen molar-refractivity contribution in [2.24, 2.45) is 0 Å². The molecule has 28 heavy (non-hydrogen) atoms. The minimum absolute atomic E-state index is 0.00859. The molecule has 6 heteroatoms. The SMILES string of the molecule is C=CCc1ccc(-c2cc(=O)c3c(COC)cc(O)cc3o2)c(OC)c1OC. The lowest BCUT2D eigenvalue weighted by Gasteiger charge is -2.16. The molecule has 3 aromatic rings. The van der Waals surface area contributed by atoms with Crippen LogP contribution in [-0.4, -0.2) is 26.4 Å². The number of methoxy groups -OCH3 is 3. The van der Waals surface area contributed by atoms with Gasteiger partial charge in [-0.25, -0.2) is 0 Å². The summed E-state index contributed by atoms with van der Waals surface area (Å²) in [7, 11) is 4.61. The van der Waals surface area contributed by atoms with E-state index in [1.807, 2.05) is 12.1 Å². The number of phenolic OH excluding ortho intramolecular Hbond substituents is 1. The van der Waals surface area contributed by atoms with E-state index in [9.17, 15) is 9.90 Å². The lowest BCUT2D eigenvalue weighted by Crippen LogP contribution is -2.05. The van der Waals surface area contributed by atoms with Crippen LogP contribution >= 0.6 is 0 Å². The predicted octanol–water partition coefficient (Wildman–Crippen LogP) is 4.06. The fourth-order valence-corrected chi connectivity index (χ4v) is 3.30. The molecule has 0 aliphatic carbocycles. The van der Waals surface area contributed by atoms with Gasteiger partial charge in [-0.1, -0.05) is 12.1 Å². The van der Waals surface area contributed by atoms with Gasteiger partial charge in [0.1, 0.15) is 17.1 Å². The van der Waals surface area contributed by atoms with Crippen molar-refractivity contribution in [1.82, 2.24) is 0 Å². The quantitative estimate of drug-likeness (QED) is 0.621. The maximum absolute atomic E-state index is 12.8. The highest BCUT2D eigenvalue weighted by Gasteiger charge is 2.19. The number of benzene rings is 2. The molecule has 6 nitrogen and oxygen atoms in total. The first-order valence-electron chi connectivity index (χ1n) is 8.67.